The highest BCUT2D eigenvalue weighted by Crippen LogP contribution is 2.31. The summed E-state index contributed by atoms with van der Waals surface area (Å²) in [6.07, 6.45) is 2.87. The normalized spacial score (nSPS) is 11.8. The topological polar surface area (TPSA) is 90.7 Å². The molecule has 6 nitrogen and oxygen atoms in total. The fourth-order valence-corrected chi connectivity index (χ4v) is 2.26. The van der Waals surface area contributed by atoms with E-state index in [4.69, 9.17) is 15.2 Å². The molecule has 6 heteroatoms. The quantitative estimate of drug-likeness (QED) is 0.748. The van der Waals surface area contributed by atoms with Gasteiger partial charge in [0.1, 0.15) is 17.1 Å². The molecule has 0 atom stereocenters. The number of benzene rings is 1. The second-order valence-corrected chi connectivity index (χ2v) is 5.72. The first-order chi connectivity index (χ1) is 11.3. The molecule has 0 aliphatic carbocycles. The van der Waals surface area contributed by atoms with E-state index in [0.29, 0.717) is 17.2 Å². The predicted molar refractivity (Wildman–Crippen MR) is 93.0 cm³/mol. The molecule has 0 spiro atoms. The Kier molecular flexibility index (Phi) is 6.82. The van der Waals surface area contributed by atoms with E-state index in [1.807, 2.05) is 20.8 Å². The maximum atomic E-state index is 12.4. The van der Waals surface area contributed by atoms with E-state index in [1.165, 1.54) is 20.3 Å². The monoisotopic (exact) mass is 334 g/mol. The number of hydrogen-bond acceptors (Lipinski definition) is 5. The molecule has 3 N–H and O–H groups in total. The summed E-state index contributed by atoms with van der Waals surface area (Å²) in [4.78, 5) is 24.6. The highest BCUT2D eigenvalue weighted by atomic mass is 16.5. The number of methoxy groups -OCH3 is 2. The van der Waals surface area contributed by atoms with Crippen molar-refractivity contribution < 1.29 is 19.1 Å². The third-order valence-electron chi connectivity index (χ3n) is 4.44. The van der Waals surface area contributed by atoms with Crippen molar-refractivity contribution in [3.63, 3.8) is 0 Å². The third-order valence-corrected chi connectivity index (χ3v) is 4.44. The zero-order valence-corrected chi connectivity index (χ0v) is 14.9. The molecule has 0 fully saturated rings. The van der Waals surface area contributed by atoms with Gasteiger partial charge in [0.15, 0.2) is 0 Å². The van der Waals surface area contributed by atoms with Crippen LogP contribution < -0.4 is 20.5 Å². The fraction of sp³-hybridized carbons (Fsp3) is 0.444. The number of carbonyl (C=O) groups is 2. The number of carbonyl (C=O) groups excluding carboxylic acids is 2. The second kappa shape index (κ2) is 8.38. The van der Waals surface area contributed by atoms with Crippen LogP contribution in [0.3, 0.4) is 0 Å². The number of amides is 2. The molecule has 0 saturated carbocycles. The zero-order chi connectivity index (χ0) is 18.3. The third kappa shape index (κ3) is 4.28. The van der Waals surface area contributed by atoms with Crippen molar-refractivity contribution in [2.45, 2.75) is 33.6 Å². The number of hydrogen-bond donors (Lipinski definition) is 2. The summed E-state index contributed by atoms with van der Waals surface area (Å²) in [5, 5.41) is 2.30. The molecule has 0 radical (unpaired) electrons. The van der Waals surface area contributed by atoms with E-state index in [0.717, 1.165) is 12.8 Å². The van der Waals surface area contributed by atoms with Crippen LogP contribution >= 0.6 is 0 Å². The molecule has 0 saturated heterocycles. The minimum absolute atomic E-state index is 0.163. The minimum atomic E-state index is -0.604. The molecule has 0 aromatic heterocycles. The summed E-state index contributed by atoms with van der Waals surface area (Å²) in [5.74, 6) is -0.529. The van der Waals surface area contributed by atoms with Crippen molar-refractivity contribution in [1.82, 2.24) is 5.32 Å². The molecule has 0 aliphatic heterocycles. The van der Waals surface area contributed by atoms with E-state index in [2.05, 4.69) is 5.32 Å². The van der Waals surface area contributed by atoms with Gasteiger partial charge in [0.2, 0.25) is 0 Å². The Morgan fingerprint density at radius 3 is 2.08 bits per heavy atom. The van der Waals surface area contributed by atoms with Gasteiger partial charge in [0.25, 0.3) is 11.8 Å². The van der Waals surface area contributed by atoms with Crippen LogP contribution in [-0.4, -0.2) is 26.0 Å². The maximum Gasteiger partial charge on any atom is 0.265 e. The van der Waals surface area contributed by atoms with Crippen molar-refractivity contribution in [1.29, 1.82) is 0 Å². The average molecular weight is 334 g/mol. The fourth-order valence-electron chi connectivity index (χ4n) is 2.26. The lowest BCUT2D eigenvalue weighted by Gasteiger charge is -2.27. The van der Waals surface area contributed by atoms with Crippen molar-refractivity contribution in [3.8, 4) is 11.5 Å². The van der Waals surface area contributed by atoms with Gasteiger partial charge in [-0.15, -0.1) is 0 Å². The van der Waals surface area contributed by atoms with Crippen LogP contribution in [0.25, 0.3) is 0 Å². The standard InChI is InChI=1S/C18H26N2O4/c1-6-18(3,7-2)14(19)11-15(21)20-17(22)16-12(23-4)9-8-10-13(16)24-5/h8-11H,6-7,19H2,1-5H3,(H,20,21,22). The molecule has 0 heterocycles. The Morgan fingerprint density at radius 2 is 1.67 bits per heavy atom. The molecule has 1 rings (SSSR count). The Hall–Kier alpha value is -2.50. The summed E-state index contributed by atoms with van der Waals surface area (Å²) in [6.45, 7) is 6.00. The first-order valence-electron chi connectivity index (χ1n) is 7.86. The van der Waals surface area contributed by atoms with Gasteiger partial charge in [-0.25, -0.2) is 0 Å². The molecule has 0 bridgehead atoms. The second-order valence-electron chi connectivity index (χ2n) is 5.72. The van der Waals surface area contributed by atoms with Gasteiger partial charge in [0.05, 0.1) is 14.2 Å². The molecular formula is C18H26N2O4. The molecule has 0 aliphatic rings. The number of nitrogens with one attached hydrogen (secondary N) is 1. The predicted octanol–water partition coefficient (Wildman–Crippen LogP) is 2.63. The number of imide groups is 1. The summed E-state index contributed by atoms with van der Waals surface area (Å²) in [6, 6.07) is 4.94. The van der Waals surface area contributed by atoms with Crippen LogP contribution in [0.5, 0.6) is 11.5 Å². The van der Waals surface area contributed by atoms with Crippen LogP contribution in [0.15, 0.2) is 30.0 Å². The van der Waals surface area contributed by atoms with Crippen molar-refractivity contribution in [2.24, 2.45) is 11.1 Å². The number of rotatable bonds is 7. The number of ether oxygens (including phenoxy) is 2. The molecule has 0 unspecified atom stereocenters. The Balaban J connectivity index is 3.03. The lowest BCUT2D eigenvalue weighted by atomic mass is 9.81. The summed E-state index contributed by atoms with van der Waals surface area (Å²) in [7, 11) is 2.89. The van der Waals surface area contributed by atoms with Crippen LogP contribution in [0.1, 0.15) is 44.0 Å². The van der Waals surface area contributed by atoms with E-state index in [9.17, 15) is 9.59 Å². The van der Waals surface area contributed by atoms with E-state index in [1.54, 1.807) is 18.2 Å². The molecule has 24 heavy (non-hydrogen) atoms. The molecule has 1 aromatic carbocycles. The van der Waals surface area contributed by atoms with Gasteiger partial charge < -0.3 is 15.2 Å². The largest absolute Gasteiger partial charge is 0.496 e. The molecule has 1 aromatic rings. The highest BCUT2D eigenvalue weighted by molar-refractivity contribution is 6.10. The van der Waals surface area contributed by atoms with Gasteiger partial charge in [-0.2, -0.15) is 0 Å². The SMILES string of the molecule is CCC(C)(CC)C(N)=CC(=O)NC(=O)c1c(OC)cccc1OC. The average Bonchev–Trinajstić information content (AvgIpc) is 2.59. The van der Waals surface area contributed by atoms with Crippen molar-refractivity contribution >= 4 is 11.8 Å². The van der Waals surface area contributed by atoms with Crippen LogP contribution in [0.2, 0.25) is 0 Å². The zero-order valence-electron chi connectivity index (χ0n) is 14.9. The number of nitrogens with two attached hydrogens (primary N) is 1. The molecule has 2 amide bonds. The Bertz CT molecular complexity index is 612. The van der Waals surface area contributed by atoms with E-state index >= 15 is 0 Å². The van der Waals surface area contributed by atoms with Gasteiger partial charge in [-0.3, -0.25) is 14.9 Å². The van der Waals surface area contributed by atoms with Crippen molar-refractivity contribution in [3.05, 3.63) is 35.5 Å². The molecule has 132 valence electrons. The Morgan fingerprint density at radius 1 is 1.17 bits per heavy atom. The van der Waals surface area contributed by atoms with Crippen LogP contribution in [0.4, 0.5) is 0 Å². The van der Waals surface area contributed by atoms with Gasteiger partial charge in [0, 0.05) is 17.2 Å². The van der Waals surface area contributed by atoms with Gasteiger partial charge in [-0.1, -0.05) is 26.8 Å². The summed E-state index contributed by atoms with van der Waals surface area (Å²) < 4.78 is 10.3. The summed E-state index contributed by atoms with van der Waals surface area (Å²) in [5.41, 5.74) is 6.38. The smallest absolute Gasteiger partial charge is 0.265 e. The lowest BCUT2D eigenvalue weighted by molar-refractivity contribution is -0.115. The first kappa shape index (κ1) is 19.5. The molecular weight excluding hydrogens is 308 g/mol. The van der Waals surface area contributed by atoms with E-state index in [-0.39, 0.29) is 11.0 Å². The lowest BCUT2D eigenvalue weighted by Crippen LogP contribution is -2.32. The van der Waals surface area contributed by atoms with Gasteiger partial charge in [-0.05, 0) is 25.0 Å². The van der Waals surface area contributed by atoms with Crippen molar-refractivity contribution in [2.75, 3.05) is 14.2 Å². The van der Waals surface area contributed by atoms with Crippen LogP contribution in [-0.2, 0) is 4.79 Å². The summed E-state index contributed by atoms with van der Waals surface area (Å²) >= 11 is 0. The van der Waals surface area contributed by atoms with Crippen LogP contribution in [0, 0.1) is 5.41 Å². The highest BCUT2D eigenvalue weighted by Gasteiger charge is 2.25. The first-order valence-corrected chi connectivity index (χ1v) is 7.86. The minimum Gasteiger partial charge on any atom is -0.496 e. The van der Waals surface area contributed by atoms with E-state index < -0.39 is 11.8 Å². The number of allylic oxidation sites excluding steroid dienone is 1. The Labute approximate surface area is 143 Å². The maximum absolute atomic E-state index is 12.4. The van der Waals surface area contributed by atoms with Gasteiger partial charge >= 0.3 is 0 Å².